The maximum absolute atomic E-state index is 13.4. The van der Waals surface area contributed by atoms with Crippen LogP contribution >= 0.6 is 0 Å². The summed E-state index contributed by atoms with van der Waals surface area (Å²) in [5.74, 6) is 1.90. The number of methoxy groups -OCH3 is 2. The summed E-state index contributed by atoms with van der Waals surface area (Å²) >= 11 is 0. The number of aromatic nitrogens is 1. The second-order valence-electron chi connectivity index (χ2n) is 8.52. The molecule has 0 spiro atoms. The van der Waals surface area contributed by atoms with Gasteiger partial charge < -0.3 is 14.5 Å². The smallest absolute Gasteiger partial charge is 0.319 e. The van der Waals surface area contributed by atoms with Crippen molar-refractivity contribution in [3.8, 4) is 5.75 Å². The van der Waals surface area contributed by atoms with Gasteiger partial charge in [0.25, 0.3) is 0 Å². The molecule has 1 saturated carbocycles. The first-order valence-electron chi connectivity index (χ1n) is 10.1. The minimum Gasteiger partial charge on any atom is -0.497 e. The molecule has 6 rings (SSSR count). The van der Waals surface area contributed by atoms with Crippen LogP contribution in [0.5, 0.6) is 5.75 Å². The van der Waals surface area contributed by atoms with Gasteiger partial charge in [0, 0.05) is 35.7 Å². The lowest BCUT2D eigenvalue weighted by atomic mass is 9.56. The molecule has 5 nitrogen and oxygen atoms in total. The number of nitrogens with zero attached hydrogens (tertiary/aromatic N) is 1. The van der Waals surface area contributed by atoms with Crippen LogP contribution in [0.25, 0.3) is 10.9 Å². The molecule has 4 aliphatic rings. The molecule has 0 amide bonds. The van der Waals surface area contributed by atoms with Gasteiger partial charge in [-0.25, -0.2) is 0 Å². The highest BCUT2D eigenvalue weighted by molar-refractivity contribution is 5.92. The predicted molar refractivity (Wildman–Crippen MR) is 104 cm³/mol. The van der Waals surface area contributed by atoms with E-state index in [0.717, 1.165) is 49.3 Å². The molecule has 0 radical (unpaired) electrons. The number of carbonyl (C=O) groups is 1. The number of piperidine rings is 2. The van der Waals surface area contributed by atoms with Crippen molar-refractivity contribution in [2.45, 2.75) is 44.1 Å². The first-order valence-corrected chi connectivity index (χ1v) is 10.1. The van der Waals surface area contributed by atoms with E-state index < -0.39 is 5.41 Å². The van der Waals surface area contributed by atoms with E-state index >= 15 is 0 Å². The molecule has 144 valence electrons. The third kappa shape index (κ3) is 2.18. The largest absolute Gasteiger partial charge is 0.497 e. The van der Waals surface area contributed by atoms with Crippen LogP contribution in [0.15, 0.2) is 18.2 Å². The second-order valence-corrected chi connectivity index (χ2v) is 8.52. The topological polar surface area (TPSA) is 54.6 Å². The average molecular weight is 368 g/mol. The van der Waals surface area contributed by atoms with Crippen molar-refractivity contribution < 1.29 is 14.3 Å². The molecule has 1 N–H and O–H groups in total. The van der Waals surface area contributed by atoms with Gasteiger partial charge in [0.1, 0.15) is 11.2 Å². The molecule has 1 aromatic carbocycles. The Kier molecular flexibility index (Phi) is 3.80. The van der Waals surface area contributed by atoms with Crippen LogP contribution in [-0.2, 0) is 21.4 Å². The van der Waals surface area contributed by atoms with Crippen molar-refractivity contribution in [3.63, 3.8) is 0 Å². The number of fused-ring (bicyclic) bond motifs is 4. The number of esters is 1. The van der Waals surface area contributed by atoms with Crippen LogP contribution in [0, 0.1) is 11.8 Å². The fourth-order valence-electron chi connectivity index (χ4n) is 6.42. The van der Waals surface area contributed by atoms with Crippen LogP contribution in [0.4, 0.5) is 0 Å². The van der Waals surface area contributed by atoms with Crippen molar-refractivity contribution in [2.24, 2.45) is 11.8 Å². The molecule has 2 saturated heterocycles. The van der Waals surface area contributed by atoms with E-state index in [0.29, 0.717) is 11.8 Å². The van der Waals surface area contributed by atoms with Gasteiger partial charge in [-0.2, -0.15) is 0 Å². The summed E-state index contributed by atoms with van der Waals surface area (Å²) in [6.07, 6.45) is 4.20. The Hall–Kier alpha value is -2.01. The van der Waals surface area contributed by atoms with Crippen LogP contribution in [-0.4, -0.2) is 49.2 Å². The normalized spacial score (nSPS) is 34.2. The molecular weight excluding hydrogens is 340 g/mol. The molecule has 1 unspecified atom stereocenters. The van der Waals surface area contributed by atoms with Gasteiger partial charge in [0.15, 0.2) is 0 Å². The number of nitrogens with one attached hydrogen (secondary N) is 1. The van der Waals surface area contributed by atoms with Crippen molar-refractivity contribution >= 4 is 16.9 Å². The Labute approximate surface area is 160 Å². The molecule has 27 heavy (non-hydrogen) atoms. The molecule has 5 heteroatoms. The first-order chi connectivity index (χ1) is 13.1. The fourth-order valence-corrected chi connectivity index (χ4v) is 6.42. The van der Waals surface area contributed by atoms with Gasteiger partial charge in [-0.1, -0.05) is 13.3 Å². The van der Waals surface area contributed by atoms with Crippen molar-refractivity contribution in [1.82, 2.24) is 9.88 Å². The monoisotopic (exact) mass is 368 g/mol. The minimum absolute atomic E-state index is 0.0676. The molecule has 1 aromatic heterocycles. The lowest BCUT2D eigenvalue weighted by Gasteiger charge is -2.57. The van der Waals surface area contributed by atoms with Crippen LogP contribution < -0.4 is 4.74 Å². The highest BCUT2D eigenvalue weighted by atomic mass is 16.5. The molecule has 1 aliphatic carbocycles. The molecule has 2 aromatic rings. The number of carbonyl (C=O) groups excluding carboxylic acids is 1. The summed E-state index contributed by atoms with van der Waals surface area (Å²) in [6.45, 7) is 4.39. The van der Waals surface area contributed by atoms with E-state index in [1.165, 1.54) is 17.4 Å². The number of H-pyrrole nitrogens is 1. The Morgan fingerprint density at radius 3 is 2.96 bits per heavy atom. The highest BCUT2D eigenvalue weighted by Crippen LogP contribution is 2.55. The fraction of sp³-hybridized carbons (Fsp3) is 0.591. The maximum atomic E-state index is 13.4. The lowest BCUT2D eigenvalue weighted by Crippen LogP contribution is -2.67. The number of aromatic amines is 1. The summed E-state index contributed by atoms with van der Waals surface area (Å²) in [7, 11) is 3.24. The lowest BCUT2D eigenvalue weighted by molar-refractivity contribution is -0.162. The molecular formula is C22H28N2O3. The number of hydrogen-bond donors (Lipinski definition) is 1. The second kappa shape index (κ2) is 5.99. The predicted octanol–water partition coefficient (Wildman–Crippen LogP) is 3.26. The van der Waals surface area contributed by atoms with E-state index in [2.05, 4.69) is 28.9 Å². The summed E-state index contributed by atoms with van der Waals surface area (Å²) in [5, 5.41) is 1.19. The average Bonchev–Trinajstić information content (AvgIpc) is 3.04. The SMILES string of the molecule is CC[C@H]1C[C@H]2CN3CCc4c([nH]c5ccc(OC)cc45)[C@@](C(=O)OC)(C2)[C@H]13. The zero-order valence-corrected chi connectivity index (χ0v) is 16.4. The van der Waals surface area contributed by atoms with Crippen molar-refractivity contribution in [3.05, 3.63) is 29.5 Å². The summed E-state index contributed by atoms with van der Waals surface area (Å²) in [5.41, 5.74) is 2.90. The maximum Gasteiger partial charge on any atom is 0.319 e. The van der Waals surface area contributed by atoms with Gasteiger partial charge >= 0.3 is 5.97 Å². The zero-order chi connectivity index (χ0) is 18.8. The molecule has 5 atom stereocenters. The number of rotatable bonds is 3. The third-order valence-electron chi connectivity index (χ3n) is 7.37. The van der Waals surface area contributed by atoms with E-state index in [-0.39, 0.29) is 12.0 Å². The van der Waals surface area contributed by atoms with Crippen LogP contribution in [0.2, 0.25) is 0 Å². The molecule has 3 fully saturated rings. The van der Waals surface area contributed by atoms with Gasteiger partial charge in [0.05, 0.1) is 14.2 Å². The van der Waals surface area contributed by atoms with Gasteiger partial charge in [-0.05, 0) is 54.9 Å². The number of ether oxygens (including phenoxy) is 2. The van der Waals surface area contributed by atoms with E-state index in [1.54, 1.807) is 14.2 Å². The Morgan fingerprint density at radius 2 is 2.22 bits per heavy atom. The Bertz CT molecular complexity index is 904. The van der Waals surface area contributed by atoms with E-state index in [4.69, 9.17) is 9.47 Å². The van der Waals surface area contributed by atoms with E-state index in [9.17, 15) is 4.79 Å². The van der Waals surface area contributed by atoms with Gasteiger partial charge in [0.2, 0.25) is 0 Å². The van der Waals surface area contributed by atoms with Gasteiger partial charge in [-0.15, -0.1) is 0 Å². The van der Waals surface area contributed by atoms with E-state index in [1.807, 2.05) is 6.07 Å². The Balaban J connectivity index is 1.79. The van der Waals surface area contributed by atoms with Crippen molar-refractivity contribution in [2.75, 3.05) is 27.3 Å². The Morgan fingerprint density at radius 1 is 1.37 bits per heavy atom. The van der Waals surface area contributed by atoms with Crippen LogP contribution in [0.1, 0.15) is 37.4 Å². The molecule has 4 bridgehead atoms. The van der Waals surface area contributed by atoms with Crippen LogP contribution in [0.3, 0.4) is 0 Å². The molecule has 3 aliphatic heterocycles. The number of hydrogen-bond acceptors (Lipinski definition) is 4. The quantitative estimate of drug-likeness (QED) is 0.845. The molecule has 4 heterocycles. The minimum atomic E-state index is -0.575. The zero-order valence-electron chi connectivity index (χ0n) is 16.4. The summed E-state index contributed by atoms with van der Waals surface area (Å²) in [4.78, 5) is 19.6. The third-order valence-corrected chi connectivity index (χ3v) is 7.37. The first kappa shape index (κ1) is 17.1. The highest BCUT2D eigenvalue weighted by Gasteiger charge is 2.62. The van der Waals surface area contributed by atoms with Crippen molar-refractivity contribution in [1.29, 1.82) is 0 Å². The summed E-state index contributed by atoms with van der Waals surface area (Å²) < 4.78 is 10.9. The van der Waals surface area contributed by atoms with Gasteiger partial charge in [-0.3, -0.25) is 9.69 Å². The number of benzene rings is 1. The standard InChI is InChI=1S/C22H28N2O3/c1-4-14-9-13-11-22(21(25)27-3)19-16(7-8-24(12-13)20(14)22)17-10-15(26-2)5-6-18(17)23-19/h5-6,10,13-14,20,23H,4,7-9,11-12H2,1-3H3/t13-,14+,20+,22+/m1/s1. The summed E-state index contributed by atoms with van der Waals surface area (Å²) in [6, 6.07) is 6.40.